The minimum atomic E-state index is -3.90. The minimum absolute atomic E-state index is 0.00549. The first-order valence-electron chi connectivity index (χ1n) is 10.1. The van der Waals surface area contributed by atoms with E-state index in [9.17, 15) is 18.0 Å². The predicted octanol–water partition coefficient (Wildman–Crippen LogP) is 2.38. The molecule has 0 aromatic heterocycles. The van der Waals surface area contributed by atoms with Crippen LogP contribution >= 0.6 is 11.6 Å². The van der Waals surface area contributed by atoms with E-state index in [0.29, 0.717) is 29.8 Å². The molecule has 0 aliphatic carbocycles. The van der Waals surface area contributed by atoms with Gasteiger partial charge in [0.15, 0.2) is 0 Å². The van der Waals surface area contributed by atoms with E-state index in [2.05, 4.69) is 4.72 Å². The van der Waals surface area contributed by atoms with Crippen LogP contribution in [0.2, 0.25) is 5.02 Å². The van der Waals surface area contributed by atoms with Crippen LogP contribution < -0.4 is 4.72 Å². The van der Waals surface area contributed by atoms with Crippen molar-refractivity contribution in [2.75, 3.05) is 26.2 Å². The maximum absolute atomic E-state index is 12.9. The first-order valence-corrected chi connectivity index (χ1v) is 12.0. The Morgan fingerprint density at radius 2 is 1.87 bits per heavy atom. The number of nitrogens with one attached hydrogen (secondary N) is 1. The van der Waals surface area contributed by atoms with Crippen molar-refractivity contribution < 1.29 is 18.0 Å². The Morgan fingerprint density at radius 1 is 1.10 bits per heavy atom. The Kier molecular flexibility index (Phi) is 5.99. The molecule has 1 N–H and O–H groups in total. The van der Waals surface area contributed by atoms with Gasteiger partial charge in [-0.2, -0.15) is 4.72 Å². The molecule has 0 saturated carbocycles. The monoisotopic (exact) mass is 449 g/mol. The van der Waals surface area contributed by atoms with Crippen LogP contribution in [0.3, 0.4) is 0 Å². The van der Waals surface area contributed by atoms with E-state index in [1.54, 1.807) is 35.2 Å². The summed E-state index contributed by atoms with van der Waals surface area (Å²) in [7, 11) is -3.90. The first kappa shape index (κ1) is 21.1. The third-order valence-electron chi connectivity index (χ3n) is 5.72. The largest absolute Gasteiger partial charge is 0.341 e. The Labute approximate surface area is 181 Å². The van der Waals surface area contributed by atoms with E-state index in [4.69, 9.17) is 11.6 Å². The number of carbonyl (C=O) groups excluding carboxylic acids is 2. The fourth-order valence-corrected chi connectivity index (χ4v) is 5.58. The molecule has 2 aromatic rings. The lowest BCUT2D eigenvalue weighted by Crippen LogP contribution is -2.54. The van der Waals surface area contributed by atoms with E-state index in [1.165, 1.54) is 11.0 Å². The Hall–Kier alpha value is -2.16. The van der Waals surface area contributed by atoms with Crippen LogP contribution in [0, 0.1) is 0 Å². The molecule has 2 aliphatic heterocycles. The van der Waals surface area contributed by atoms with Crippen molar-refractivity contribution in [3.63, 3.8) is 0 Å². The SMILES string of the molecule is O=C(CN1CCCC(NS(=O)(=O)c2ccc3c(Cl)cccc3c2)C1=O)N1CCCC1. The lowest BCUT2D eigenvalue weighted by atomic mass is 10.1. The van der Waals surface area contributed by atoms with Crippen molar-refractivity contribution in [1.29, 1.82) is 0 Å². The molecule has 2 fully saturated rings. The van der Waals surface area contributed by atoms with E-state index in [0.717, 1.165) is 31.3 Å². The van der Waals surface area contributed by atoms with Gasteiger partial charge >= 0.3 is 0 Å². The second-order valence-corrected chi connectivity index (χ2v) is 9.91. The van der Waals surface area contributed by atoms with Gasteiger partial charge in [-0.15, -0.1) is 0 Å². The van der Waals surface area contributed by atoms with Gasteiger partial charge in [0, 0.05) is 30.0 Å². The van der Waals surface area contributed by atoms with Gasteiger partial charge < -0.3 is 9.80 Å². The quantitative estimate of drug-likeness (QED) is 0.759. The summed E-state index contributed by atoms with van der Waals surface area (Å²) < 4.78 is 28.4. The molecule has 2 amide bonds. The Bertz CT molecular complexity index is 1080. The molecule has 9 heteroatoms. The molecule has 30 heavy (non-hydrogen) atoms. The fourth-order valence-electron chi connectivity index (χ4n) is 4.08. The third kappa shape index (κ3) is 4.31. The summed E-state index contributed by atoms with van der Waals surface area (Å²) in [6.07, 6.45) is 3.02. The zero-order chi connectivity index (χ0) is 21.3. The average Bonchev–Trinajstić information content (AvgIpc) is 3.26. The molecule has 2 heterocycles. The summed E-state index contributed by atoms with van der Waals surface area (Å²) in [5.41, 5.74) is 0. The molecule has 160 valence electrons. The molecule has 4 rings (SSSR count). The van der Waals surface area contributed by atoms with E-state index in [1.807, 2.05) is 0 Å². The smallest absolute Gasteiger partial charge is 0.242 e. The lowest BCUT2D eigenvalue weighted by Gasteiger charge is -2.33. The maximum atomic E-state index is 12.9. The number of sulfonamides is 1. The molecule has 0 spiro atoms. The number of benzene rings is 2. The molecular weight excluding hydrogens is 426 g/mol. The molecule has 2 aliphatic rings. The maximum Gasteiger partial charge on any atom is 0.242 e. The molecule has 2 aromatic carbocycles. The topological polar surface area (TPSA) is 86.8 Å². The van der Waals surface area contributed by atoms with Gasteiger partial charge in [0.05, 0.1) is 11.4 Å². The summed E-state index contributed by atoms with van der Waals surface area (Å²) in [5.74, 6) is -0.419. The lowest BCUT2D eigenvalue weighted by molar-refractivity contribution is -0.142. The predicted molar refractivity (Wildman–Crippen MR) is 115 cm³/mol. The summed E-state index contributed by atoms with van der Waals surface area (Å²) >= 11 is 6.16. The minimum Gasteiger partial charge on any atom is -0.341 e. The van der Waals surface area contributed by atoms with Gasteiger partial charge in [0.1, 0.15) is 6.04 Å². The molecule has 2 saturated heterocycles. The van der Waals surface area contributed by atoms with E-state index < -0.39 is 16.1 Å². The number of hydrogen-bond acceptors (Lipinski definition) is 4. The molecule has 1 atom stereocenters. The second kappa shape index (κ2) is 8.53. The number of likely N-dealkylation sites (tertiary alicyclic amines) is 2. The van der Waals surface area contributed by atoms with Crippen LogP contribution in [0.15, 0.2) is 41.3 Å². The molecule has 7 nitrogen and oxygen atoms in total. The summed E-state index contributed by atoms with van der Waals surface area (Å²) in [6.45, 7) is 1.92. The Balaban J connectivity index is 1.48. The second-order valence-electron chi connectivity index (χ2n) is 7.79. The summed E-state index contributed by atoms with van der Waals surface area (Å²) in [5, 5.41) is 2.02. The highest BCUT2D eigenvalue weighted by molar-refractivity contribution is 7.89. The number of carbonyl (C=O) groups is 2. The van der Waals surface area contributed by atoms with Gasteiger partial charge in [-0.1, -0.05) is 29.8 Å². The standard InChI is InChI=1S/C21H24ClN3O4S/c22-18-6-3-5-15-13-16(8-9-17(15)18)30(28,29)23-19-7-4-12-25(21(19)27)14-20(26)24-10-1-2-11-24/h3,5-6,8-9,13,19,23H,1-2,4,7,10-12,14H2. The Morgan fingerprint density at radius 3 is 2.63 bits per heavy atom. The van der Waals surface area contributed by atoms with Crippen LogP contribution in [-0.4, -0.2) is 62.3 Å². The van der Waals surface area contributed by atoms with Gasteiger partial charge in [-0.05, 0) is 49.3 Å². The van der Waals surface area contributed by atoms with Gasteiger partial charge in [-0.25, -0.2) is 8.42 Å². The highest BCUT2D eigenvalue weighted by atomic mass is 35.5. The van der Waals surface area contributed by atoms with Crippen LogP contribution in [0.25, 0.3) is 10.8 Å². The van der Waals surface area contributed by atoms with Crippen molar-refractivity contribution in [2.45, 2.75) is 36.6 Å². The van der Waals surface area contributed by atoms with Crippen molar-refractivity contribution in [3.05, 3.63) is 41.4 Å². The zero-order valence-electron chi connectivity index (χ0n) is 16.5. The first-order chi connectivity index (χ1) is 14.3. The average molecular weight is 450 g/mol. The van der Waals surface area contributed by atoms with Crippen LogP contribution in [0.1, 0.15) is 25.7 Å². The van der Waals surface area contributed by atoms with Crippen molar-refractivity contribution >= 4 is 44.2 Å². The van der Waals surface area contributed by atoms with Crippen LogP contribution in [0.5, 0.6) is 0 Å². The number of halogens is 1. The molecule has 0 bridgehead atoms. The molecule has 1 unspecified atom stereocenters. The third-order valence-corrected chi connectivity index (χ3v) is 7.52. The summed E-state index contributed by atoms with van der Waals surface area (Å²) in [4.78, 5) is 28.6. The number of hydrogen-bond donors (Lipinski definition) is 1. The number of piperidine rings is 1. The van der Waals surface area contributed by atoms with E-state index >= 15 is 0 Å². The highest BCUT2D eigenvalue weighted by Crippen LogP contribution is 2.26. The number of nitrogens with zero attached hydrogens (tertiary/aromatic N) is 2. The zero-order valence-corrected chi connectivity index (χ0v) is 18.1. The van der Waals surface area contributed by atoms with Crippen molar-refractivity contribution in [3.8, 4) is 0 Å². The van der Waals surface area contributed by atoms with E-state index in [-0.39, 0.29) is 23.3 Å². The van der Waals surface area contributed by atoms with Gasteiger partial charge in [-0.3, -0.25) is 9.59 Å². The van der Waals surface area contributed by atoms with Crippen LogP contribution in [-0.2, 0) is 19.6 Å². The van der Waals surface area contributed by atoms with Gasteiger partial charge in [0.25, 0.3) is 0 Å². The summed E-state index contributed by atoms with van der Waals surface area (Å²) in [6, 6.07) is 9.12. The van der Waals surface area contributed by atoms with Crippen molar-refractivity contribution in [2.24, 2.45) is 0 Å². The van der Waals surface area contributed by atoms with Gasteiger partial charge in [0.2, 0.25) is 21.8 Å². The number of rotatable bonds is 5. The number of fused-ring (bicyclic) bond motifs is 1. The number of amides is 2. The molecule has 0 radical (unpaired) electrons. The normalized spacial score (nSPS) is 20.2. The van der Waals surface area contributed by atoms with Crippen LogP contribution in [0.4, 0.5) is 0 Å². The fraction of sp³-hybridized carbons (Fsp3) is 0.429. The molecular formula is C21H24ClN3O4S. The highest BCUT2D eigenvalue weighted by Gasteiger charge is 2.34. The van der Waals surface area contributed by atoms with Crippen molar-refractivity contribution in [1.82, 2.24) is 14.5 Å².